The van der Waals surface area contributed by atoms with Crippen LogP contribution in [0, 0.1) is 6.92 Å². The molecule has 0 aliphatic rings. The third-order valence-electron chi connectivity index (χ3n) is 2.56. The first-order valence-electron chi connectivity index (χ1n) is 6.33. The van der Waals surface area contributed by atoms with E-state index in [9.17, 15) is 13.2 Å². The topological polar surface area (TPSA) is 97.4 Å². The Labute approximate surface area is 129 Å². The standard InChI is InChI=1S/C12H18ClN3O4S/c1-4-5-6-14-12(17)16-21(18,19)10-9(20-3)7-8(2)15-11(10)13/h7H,4-6H2,1-3H3,(H2,14,16,17). The van der Waals surface area contributed by atoms with Crippen LogP contribution >= 0.6 is 11.6 Å². The number of methoxy groups -OCH3 is 1. The number of ether oxygens (including phenoxy) is 1. The Bertz CT molecular complexity index is 619. The third-order valence-corrected chi connectivity index (χ3v) is 4.33. The summed E-state index contributed by atoms with van der Waals surface area (Å²) in [6.45, 7) is 3.99. The molecule has 118 valence electrons. The summed E-state index contributed by atoms with van der Waals surface area (Å²) in [5, 5.41) is 2.19. The number of aryl methyl sites for hydroxylation is 1. The lowest BCUT2D eigenvalue weighted by atomic mass is 10.3. The Balaban J connectivity index is 3.01. The van der Waals surface area contributed by atoms with Gasteiger partial charge in [0.2, 0.25) is 0 Å². The first-order valence-corrected chi connectivity index (χ1v) is 8.19. The summed E-state index contributed by atoms with van der Waals surface area (Å²) in [5.74, 6) is 0.0290. The monoisotopic (exact) mass is 335 g/mol. The summed E-state index contributed by atoms with van der Waals surface area (Å²) in [6, 6.07) is 0.609. The number of sulfonamides is 1. The molecule has 1 heterocycles. The number of nitrogens with zero attached hydrogens (tertiary/aromatic N) is 1. The van der Waals surface area contributed by atoms with Gasteiger partial charge in [-0.15, -0.1) is 0 Å². The molecule has 2 amide bonds. The molecule has 0 saturated carbocycles. The lowest BCUT2D eigenvalue weighted by Crippen LogP contribution is -2.40. The molecule has 9 heteroatoms. The van der Waals surface area contributed by atoms with E-state index in [1.54, 1.807) is 6.92 Å². The smallest absolute Gasteiger partial charge is 0.328 e. The molecule has 1 aromatic rings. The maximum Gasteiger partial charge on any atom is 0.328 e. The van der Waals surface area contributed by atoms with Gasteiger partial charge in [0.1, 0.15) is 5.75 Å². The molecule has 0 aliphatic heterocycles. The second kappa shape index (κ2) is 7.46. The van der Waals surface area contributed by atoms with E-state index in [-0.39, 0.29) is 15.8 Å². The first-order chi connectivity index (χ1) is 9.81. The number of halogens is 1. The van der Waals surface area contributed by atoms with E-state index in [0.29, 0.717) is 12.2 Å². The van der Waals surface area contributed by atoms with Crippen LogP contribution in [-0.2, 0) is 10.0 Å². The average Bonchev–Trinajstić information content (AvgIpc) is 2.36. The number of hydrogen-bond donors (Lipinski definition) is 2. The minimum absolute atomic E-state index is 0.0290. The van der Waals surface area contributed by atoms with Gasteiger partial charge in [-0.2, -0.15) is 0 Å². The van der Waals surface area contributed by atoms with E-state index in [1.807, 2.05) is 11.6 Å². The van der Waals surface area contributed by atoms with E-state index in [4.69, 9.17) is 16.3 Å². The molecular formula is C12H18ClN3O4S. The molecule has 21 heavy (non-hydrogen) atoms. The lowest BCUT2D eigenvalue weighted by molar-refractivity contribution is 0.245. The van der Waals surface area contributed by atoms with Crippen LogP contribution in [0.15, 0.2) is 11.0 Å². The predicted molar refractivity (Wildman–Crippen MR) is 79.2 cm³/mol. The minimum atomic E-state index is -4.17. The van der Waals surface area contributed by atoms with Crippen LogP contribution in [0.3, 0.4) is 0 Å². The summed E-state index contributed by atoms with van der Waals surface area (Å²) in [5.41, 5.74) is 0.503. The second-order valence-electron chi connectivity index (χ2n) is 4.30. The van der Waals surface area contributed by atoms with Crippen molar-refractivity contribution in [3.05, 3.63) is 16.9 Å². The van der Waals surface area contributed by atoms with Crippen molar-refractivity contribution in [3.8, 4) is 5.75 Å². The van der Waals surface area contributed by atoms with Crippen LogP contribution in [0.1, 0.15) is 25.5 Å². The Kier molecular flexibility index (Phi) is 6.22. The molecule has 2 N–H and O–H groups in total. The van der Waals surface area contributed by atoms with Gasteiger partial charge < -0.3 is 10.1 Å². The summed E-state index contributed by atoms with van der Waals surface area (Å²) in [6.07, 6.45) is 1.64. The van der Waals surface area contributed by atoms with Gasteiger partial charge in [-0.05, 0) is 13.3 Å². The molecule has 0 aliphatic carbocycles. The fraction of sp³-hybridized carbons (Fsp3) is 0.500. The van der Waals surface area contributed by atoms with E-state index in [1.165, 1.54) is 13.2 Å². The van der Waals surface area contributed by atoms with Gasteiger partial charge in [0.15, 0.2) is 10.0 Å². The predicted octanol–water partition coefficient (Wildman–Crippen LogP) is 1.84. The van der Waals surface area contributed by atoms with E-state index in [2.05, 4.69) is 10.3 Å². The van der Waals surface area contributed by atoms with Crippen LogP contribution in [0.4, 0.5) is 4.79 Å². The molecule has 1 rings (SSSR count). The molecule has 0 fully saturated rings. The van der Waals surface area contributed by atoms with Crippen molar-refractivity contribution in [3.63, 3.8) is 0 Å². The fourth-order valence-electron chi connectivity index (χ4n) is 1.58. The van der Waals surface area contributed by atoms with Gasteiger partial charge in [-0.1, -0.05) is 24.9 Å². The summed E-state index contributed by atoms with van der Waals surface area (Å²) in [7, 11) is -2.86. The third kappa shape index (κ3) is 4.75. The number of hydrogen-bond acceptors (Lipinski definition) is 5. The van der Waals surface area contributed by atoms with Crippen molar-refractivity contribution in [1.82, 2.24) is 15.0 Å². The summed E-state index contributed by atoms with van der Waals surface area (Å²) in [4.78, 5) is 15.1. The van der Waals surface area contributed by atoms with E-state index >= 15 is 0 Å². The van der Waals surface area contributed by atoms with Crippen molar-refractivity contribution in [2.45, 2.75) is 31.6 Å². The molecule has 0 atom stereocenters. The van der Waals surface area contributed by atoms with Crippen molar-refractivity contribution < 1.29 is 17.9 Å². The van der Waals surface area contributed by atoms with Crippen molar-refractivity contribution >= 4 is 27.7 Å². The number of carbonyl (C=O) groups excluding carboxylic acids is 1. The minimum Gasteiger partial charge on any atom is -0.495 e. The average molecular weight is 336 g/mol. The first kappa shape index (κ1) is 17.5. The van der Waals surface area contributed by atoms with Gasteiger partial charge in [-0.25, -0.2) is 22.9 Å². The highest BCUT2D eigenvalue weighted by molar-refractivity contribution is 7.90. The lowest BCUT2D eigenvalue weighted by Gasteiger charge is -2.13. The molecule has 7 nitrogen and oxygen atoms in total. The van der Waals surface area contributed by atoms with Crippen molar-refractivity contribution in [1.29, 1.82) is 0 Å². The van der Waals surface area contributed by atoms with Gasteiger partial charge in [0, 0.05) is 18.3 Å². The molecule has 0 unspecified atom stereocenters. The zero-order chi connectivity index (χ0) is 16.0. The van der Waals surface area contributed by atoms with E-state index in [0.717, 1.165) is 12.8 Å². The normalized spacial score (nSPS) is 11.0. The zero-order valence-corrected chi connectivity index (χ0v) is 13.6. The highest BCUT2D eigenvalue weighted by Gasteiger charge is 2.26. The Hall–Kier alpha value is -1.54. The van der Waals surface area contributed by atoms with Crippen LogP contribution < -0.4 is 14.8 Å². The number of amides is 2. The molecule has 0 aromatic carbocycles. The molecule has 1 aromatic heterocycles. The fourth-order valence-corrected chi connectivity index (χ4v) is 3.20. The van der Waals surface area contributed by atoms with Crippen LogP contribution in [-0.4, -0.2) is 33.1 Å². The summed E-state index contributed by atoms with van der Waals surface area (Å²) >= 11 is 5.87. The number of pyridine rings is 1. The highest BCUT2D eigenvalue weighted by Crippen LogP contribution is 2.30. The maximum atomic E-state index is 12.2. The number of urea groups is 1. The molecule has 0 saturated heterocycles. The largest absolute Gasteiger partial charge is 0.495 e. The summed E-state index contributed by atoms with van der Waals surface area (Å²) < 4.78 is 31.3. The van der Waals surface area contributed by atoms with Crippen LogP contribution in [0.2, 0.25) is 5.15 Å². The van der Waals surface area contributed by atoms with Crippen LogP contribution in [0.5, 0.6) is 5.75 Å². The Morgan fingerprint density at radius 1 is 1.48 bits per heavy atom. The maximum absolute atomic E-state index is 12.2. The van der Waals surface area contributed by atoms with Gasteiger partial charge in [-0.3, -0.25) is 0 Å². The second-order valence-corrected chi connectivity index (χ2v) is 6.28. The Morgan fingerprint density at radius 3 is 2.71 bits per heavy atom. The van der Waals surface area contributed by atoms with E-state index < -0.39 is 16.1 Å². The SMILES string of the molecule is CCCCNC(=O)NS(=O)(=O)c1c(OC)cc(C)nc1Cl. The number of rotatable bonds is 6. The number of aromatic nitrogens is 1. The number of nitrogens with one attached hydrogen (secondary N) is 2. The zero-order valence-electron chi connectivity index (χ0n) is 12.1. The molecule has 0 bridgehead atoms. The van der Waals surface area contributed by atoms with Crippen molar-refractivity contribution in [2.24, 2.45) is 0 Å². The van der Waals surface area contributed by atoms with Gasteiger partial charge in [0.25, 0.3) is 10.0 Å². The quantitative estimate of drug-likeness (QED) is 0.610. The van der Waals surface area contributed by atoms with Gasteiger partial charge in [0.05, 0.1) is 7.11 Å². The number of carbonyl (C=O) groups is 1. The molecular weight excluding hydrogens is 318 g/mol. The number of unbranched alkanes of at least 4 members (excludes halogenated alkanes) is 1. The van der Waals surface area contributed by atoms with Gasteiger partial charge >= 0.3 is 6.03 Å². The Morgan fingerprint density at radius 2 is 2.14 bits per heavy atom. The van der Waals surface area contributed by atoms with Crippen molar-refractivity contribution in [2.75, 3.05) is 13.7 Å². The highest BCUT2D eigenvalue weighted by atomic mass is 35.5. The molecule has 0 spiro atoms. The molecule has 0 radical (unpaired) electrons. The van der Waals surface area contributed by atoms with Crippen LogP contribution in [0.25, 0.3) is 0 Å².